The van der Waals surface area contributed by atoms with Crippen LogP contribution in [0, 0.1) is 0 Å². The van der Waals surface area contributed by atoms with Crippen molar-refractivity contribution in [3.8, 4) is 0 Å². The molecule has 0 atom stereocenters. The first kappa shape index (κ1) is 7.78. The van der Waals surface area contributed by atoms with Crippen molar-refractivity contribution in [1.29, 1.82) is 0 Å². The second-order valence-electron chi connectivity index (χ2n) is 2.23. The molecule has 4 heteroatoms. The number of amides is 1. The first-order valence-electron chi connectivity index (χ1n) is 3.56. The van der Waals surface area contributed by atoms with E-state index in [-0.39, 0.29) is 0 Å². The molecule has 0 aliphatic heterocycles. The van der Waals surface area contributed by atoms with Crippen molar-refractivity contribution in [3.63, 3.8) is 0 Å². The van der Waals surface area contributed by atoms with Crippen molar-refractivity contribution >= 4 is 6.41 Å². The largest absolute Gasteiger partial charge is 0.359 e. The van der Waals surface area contributed by atoms with Crippen LogP contribution in [0.3, 0.4) is 0 Å². The lowest BCUT2D eigenvalue weighted by Gasteiger charge is -1.99. The molecular formula is C7H11N3O. The van der Waals surface area contributed by atoms with E-state index in [1.807, 2.05) is 10.8 Å². The van der Waals surface area contributed by atoms with Gasteiger partial charge in [-0.3, -0.25) is 4.79 Å². The summed E-state index contributed by atoms with van der Waals surface area (Å²) in [5, 5.41) is 2.60. The van der Waals surface area contributed by atoms with Crippen LogP contribution < -0.4 is 5.32 Å². The van der Waals surface area contributed by atoms with Crippen LogP contribution in [0.25, 0.3) is 0 Å². The lowest BCUT2D eigenvalue weighted by atomic mass is 10.4. The molecule has 60 valence electrons. The van der Waals surface area contributed by atoms with E-state index in [1.54, 1.807) is 12.5 Å². The summed E-state index contributed by atoms with van der Waals surface area (Å²) < 4.78 is 1.98. The summed E-state index contributed by atoms with van der Waals surface area (Å²) in [6, 6.07) is 0. The maximum Gasteiger partial charge on any atom is 0.207 e. The molecule has 0 unspecified atom stereocenters. The quantitative estimate of drug-likeness (QED) is 0.479. The molecular weight excluding hydrogens is 142 g/mol. The summed E-state index contributed by atoms with van der Waals surface area (Å²) in [6.07, 6.45) is 7.07. The monoisotopic (exact) mass is 153 g/mol. The first-order chi connectivity index (χ1) is 5.43. The molecule has 0 aromatic carbocycles. The number of imidazole rings is 1. The standard InChI is InChI=1S/C7H11N3O/c11-7-9-2-1-4-10-5-3-8-6-10/h3,5-7H,1-2,4H2,(H,9,11). The zero-order valence-corrected chi connectivity index (χ0v) is 6.23. The number of rotatable bonds is 5. The Kier molecular flexibility index (Phi) is 3.18. The van der Waals surface area contributed by atoms with Gasteiger partial charge in [0.05, 0.1) is 6.33 Å². The fraction of sp³-hybridized carbons (Fsp3) is 0.429. The summed E-state index contributed by atoms with van der Waals surface area (Å²) in [4.78, 5) is 13.7. The fourth-order valence-corrected chi connectivity index (χ4v) is 0.842. The van der Waals surface area contributed by atoms with Crippen LogP contribution in [-0.4, -0.2) is 22.5 Å². The van der Waals surface area contributed by atoms with Crippen LogP contribution in [0.2, 0.25) is 0 Å². The topological polar surface area (TPSA) is 46.9 Å². The van der Waals surface area contributed by atoms with Crippen molar-refractivity contribution in [2.45, 2.75) is 13.0 Å². The number of carbonyl (C=O) groups is 1. The normalized spacial score (nSPS) is 9.45. The van der Waals surface area contributed by atoms with Crippen molar-refractivity contribution in [3.05, 3.63) is 18.7 Å². The van der Waals surface area contributed by atoms with Gasteiger partial charge >= 0.3 is 0 Å². The van der Waals surface area contributed by atoms with Gasteiger partial charge in [0.1, 0.15) is 0 Å². The number of aromatic nitrogens is 2. The van der Waals surface area contributed by atoms with Crippen molar-refractivity contribution < 1.29 is 4.79 Å². The second-order valence-corrected chi connectivity index (χ2v) is 2.23. The molecule has 1 aromatic heterocycles. The highest BCUT2D eigenvalue weighted by molar-refractivity contribution is 5.45. The number of hydrogen-bond donors (Lipinski definition) is 1. The molecule has 0 bridgehead atoms. The highest BCUT2D eigenvalue weighted by atomic mass is 16.1. The van der Waals surface area contributed by atoms with E-state index in [4.69, 9.17) is 0 Å². The lowest BCUT2D eigenvalue weighted by Crippen LogP contribution is -2.13. The van der Waals surface area contributed by atoms with Gasteiger partial charge in [0.25, 0.3) is 0 Å². The zero-order valence-electron chi connectivity index (χ0n) is 6.23. The number of carbonyl (C=O) groups excluding carboxylic acids is 1. The van der Waals surface area contributed by atoms with E-state index < -0.39 is 0 Å². The molecule has 0 radical (unpaired) electrons. The predicted molar refractivity (Wildman–Crippen MR) is 40.9 cm³/mol. The molecule has 0 aliphatic carbocycles. The van der Waals surface area contributed by atoms with Gasteiger partial charge in [0.2, 0.25) is 6.41 Å². The van der Waals surface area contributed by atoms with E-state index in [0.29, 0.717) is 6.41 Å². The molecule has 1 rings (SSSR count). The van der Waals surface area contributed by atoms with Crippen LogP contribution in [0.1, 0.15) is 6.42 Å². The lowest BCUT2D eigenvalue weighted by molar-refractivity contribution is -0.109. The Morgan fingerprint density at radius 2 is 2.55 bits per heavy atom. The Labute approximate surface area is 65.2 Å². The molecule has 1 amide bonds. The number of nitrogens with one attached hydrogen (secondary N) is 1. The van der Waals surface area contributed by atoms with Crippen molar-refractivity contribution in [2.24, 2.45) is 0 Å². The van der Waals surface area contributed by atoms with Gasteiger partial charge in [-0.25, -0.2) is 4.98 Å². The molecule has 0 aliphatic rings. The maximum absolute atomic E-state index is 9.84. The summed E-state index contributed by atoms with van der Waals surface area (Å²) in [5.41, 5.74) is 0. The van der Waals surface area contributed by atoms with Crippen LogP contribution in [0.4, 0.5) is 0 Å². The van der Waals surface area contributed by atoms with Gasteiger partial charge in [-0.15, -0.1) is 0 Å². The minimum atomic E-state index is 0.716. The third-order valence-corrected chi connectivity index (χ3v) is 1.38. The van der Waals surface area contributed by atoms with Gasteiger partial charge in [-0.1, -0.05) is 0 Å². The van der Waals surface area contributed by atoms with E-state index in [9.17, 15) is 4.79 Å². The predicted octanol–water partition coefficient (Wildman–Crippen LogP) is 0.0192. The average Bonchev–Trinajstić information content (AvgIpc) is 2.50. The van der Waals surface area contributed by atoms with Gasteiger partial charge in [-0.2, -0.15) is 0 Å². The highest BCUT2D eigenvalue weighted by Gasteiger charge is 1.88. The minimum Gasteiger partial charge on any atom is -0.359 e. The summed E-state index contributed by atoms with van der Waals surface area (Å²) >= 11 is 0. The Hall–Kier alpha value is -1.32. The summed E-state index contributed by atoms with van der Waals surface area (Å²) in [5.74, 6) is 0. The van der Waals surface area contributed by atoms with Gasteiger partial charge < -0.3 is 9.88 Å². The summed E-state index contributed by atoms with van der Waals surface area (Å²) in [7, 11) is 0. The SMILES string of the molecule is O=CNCCCn1ccnc1. The first-order valence-corrected chi connectivity index (χ1v) is 3.56. The second kappa shape index (κ2) is 4.49. The molecule has 0 spiro atoms. The molecule has 4 nitrogen and oxygen atoms in total. The van der Waals surface area contributed by atoms with Crippen LogP contribution in [0.5, 0.6) is 0 Å². The molecule has 0 saturated carbocycles. The molecule has 1 heterocycles. The zero-order chi connectivity index (χ0) is 7.94. The molecule has 1 N–H and O–H groups in total. The Morgan fingerprint density at radius 3 is 3.18 bits per heavy atom. The van der Waals surface area contributed by atoms with E-state index >= 15 is 0 Å². The maximum atomic E-state index is 9.84. The number of nitrogens with zero attached hydrogens (tertiary/aromatic N) is 2. The van der Waals surface area contributed by atoms with Crippen LogP contribution in [-0.2, 0) is 11.3 Å². The van der Waals surface area contributed by atoms with Crippen molar-refractivity contribution in [1.82, 2.24) is 14.9 Å². The van der Waals surface area contributed by atoms with Crippen LogP contribution >= 0.6 is 0 Å². The fourth-order valence-electron chi connectivity index (χ4n) is 0.842. The molecule has 11 heavy (non-hydrogen) atoms. The molecule has 0 fully saturated rings. The van der Waals surface area contributed by atoms with E-state index in [2.05, 4.69) is 10.3 Å². The van der Waals surface area contributed by atoms with E-state index in [1.165, 1.54) is 0 Å². The third kappa shape index (κ3) is 2.84. The smallest absolute Gasteiger partial charge is 0.207 e. The summed E-state index contributed by atoms with van der Waals surface area (Å²) in [6.45, 7) is 1.63. The van der Waals surface area contributed by atoms with Gasteiger partial charge in [-0.05, 0) is 6.42 Å². The molecule has 0 saturated heterocycles. The van der Waals surface area contributed by atoms with Crippen LogP contribution in [0.15, 0.2) is 18.7 Å². The number of hydrogen-bond acceptors (Lipinski definition) is 2. The van der Waals surface area contributed by atoms with Gasteiger partial charge in [0, 0.05) is 25.5 Å². The molecule has 1 aromatic rings. The van der Waals surface area contributed by atoms with E-state index in [0.717, 1.165) is 19.5 Å². The third-order valence-electron chi connectivity index (χ3n) is 1.38. The Morgan fingerprint density at radius 1 is 1.64 bits per heavy atom. The average molecular weight is 153 g/mol. The number of aryl methyl sites for hydroxylation is 1. The van der Waals surface area contributed by atoms with Crippen molar-refractivity contribution in [2.75, 3.05) is 6.54 Å². The van der Waals surface area contributed by atoms with Gasteiger partial charge in [0.15, 0.2) is 0 Å². The Bertz CT molecular complexity index is 195. The Balaban J connectivity index is 2.09. The highest BCUT2D eigenvalue weighted by Crippen LogP contribution is 1.87. The minimum absolute atomic E-state index is 0.716.